The first kappa shape index (κ1) is 17.4. The standard InChI is InChI=1S/C17H28N2O2S/c1-13(2)11-15-5-9-17(10-6-15)22(20,21)18-12-14(3)19(4)16-7-8-16/h5-6,9-10,13-14,16,18H,7-8,11-12H2,1-4H3. The van der Waals surface area contributed by atoms with Gasteiger partial charge in [0.05, 0.1) is 4.90 Å². The first-order valence-electron chi connectivity index (χ1n) is 8.10. The van der Waals surface area contributed by atoms with E-state index in [9.17, 15) is 8.42 Å². The number of likely N-dealkylation sites (N-methyl/N-ethyl adjacent to an activating group) is 1. The van der Waals surface area contributed by atoms with Crippen molar-refractivity contribution in [1.82, 2.24) is 9.62 Å². The monoisotopic (exact) mass is 324 g/mol. The van der Waals surface area contributed by atoms with E-state index in [1.165, 1.54) is 18.4 Å². The SMILES string of the molecule is CC(C)Cc1ccc(S(=O)(=O)NCC(C)N(C)C2CC2)cc1. The number of benzene rings is 1. The topological polar surface area (TPSA) is 49.4 Å². The Morgan fingerprint density at radius 1 is 1.18 bits per heavy atom. The van der Waals surface area contributed by atoms with Crippen molar-refractivity contribution in [1.29, 1.82) is 0 Å². The highest BCUT2D eigenvalue weighted by Gasteiger charge is 2.29. The van der Waals surface area contributed by atoms with Crippen LogP contribution in [0.2, 0.25) is 0 Å². The van der Waals surface area contributed by atoms with Crippen molar-refractivity contribution in [3.63, 3.8) is 0 Å². The Labute approximate surface area is 135 Å². The van der Waals surface area contributed by atoms with Gasteiger partial charge in [-0.1, -0.05) is 26.0 Å². The van der Waals surface area contributed by atoms with Crippen LogP contribution in [-0.2, 0) is 16.4 Å². The van der Waals surface area contributed by atoms with Crippen LogP contribution in [0.5, 0.6) is 0 Å². The van der Waals surface area contributed by atoms with Gasteiger partial charge in [-0.05, 0) is 56.8 Å². The molecule has 124 valence electrons. The summed E-state index contributed by atoms with van der Waals surface area (Å²) in [5, 5.41) is 0. The number of sulfonamides is 1. The van der Waals surface area contributed by atoms with Gasteiger partial charge in [0.2, 0.25) is 10.0 Å². The minimum Gasteiger partial charge on any atom is -0.299 e. The van der Waals surface area contributed by atoms with Gasteiger partial charge in [-0.2, -0.15) is 0 Å². The van der Waals surface area contributed by atoms with E-state index < -0.39 is 10.0 Å². The van der Waals surface area contributed by atoms with E-state index in [2.05, 4.69) is 37.4 Å². The van der Waals surface area contributed by atoms with Gasteiger partial charge in [0.15, 0.2) is 0 Å². The van der Waals surface area contributed by atoms with Crippen molar-refractivity contribution in [3.05, 3.63) is 29.8 Å². The fraction of sp³-hybridized carbons (Fsp3) is 0.647. The zero-order valence-corrected chi connectivity index (χ0v) is 14.9. The molecule has 1 aliphatic rings. The lowest BCUT2D eigenvalue weighted by Crippen LogP contribution is -2.41. The van der Waals surface area contributed by atoms with Crippen LogP contribution in [0, 0.1) is 5.92 Å². The van der Waals surface area contributed by atoms with Crippen molar-refractivity contribution in [2.75, 3.05) is 13.6 Å². The van der Waals surface area contributed by atoms with Crippen LogP contribution in [-0.4, -0.2) is 39.0 Å². The number of nitrogens with zero attached hydrogens (tertiary/aromatic N) is 1. The van der Waals surface area contributed by atoms with Crippen LogP contribution in [0.15, 0.2) is 29.2 Å². The van der Waals surface area contributed by atoms with E-state index in [0.717, 1.165) is 6.42 Å². The van der Waals surface area contributed by atoms with Crippen molar-refractivity contribution in [2.45, 2.75) is 57.0 Å². The molecule has 1 aliphatic carbocycles. The lowest BCUT2D eigenvalue weighted by atomic mass is 10.0. The van der Waals surface area contributed by atoms with Gasteiger partial charge in [0.25, 0.3) is 0 Å². The highest BCUT2D eigenvalue weighted by atomic mass is 32.2. The predicted octanol–water partition coefficient (Wildman–Crippen LogP) is 2.65. The molecule has 0 aliphatic heterocycles. The van der Waals surface area contributed by atoms with Crippen LogP contribution < -0.4 is 4.72 Å². The third-order valence-electron chi connectivity index (χ3n) is 4.26. The molecule has 5 heteroatoms. The molecule has 0 aromatic heterocycles. The molecule has 0 heterocycles. The highest BCUT2D eigenvalue weighted by molar-refractivity contribution is 7.89. The Hall–Kier alpha value is -0.910. The van der Waals surface area contributed by atoms with Gasteiger partial charge in [0, 0.05) is 18.6 Å². The maximum absolute atomic E-state index is 12.3. The van der Waals surface area contributed by atoms with Gasteiger partial charge in [0.1, 0.15) is 0 Å². The second kappa shape index (κ2) is 7.11. The maximum Gasteiger partial charge on any atom is 0.240 e. The fourth-order valence-corrected chi connectivity index (χ4v) is 3.70. The highest BCUT2D eigenvalue weighted by Crippen LogP contribution is 2.26. The number of hydrogen-bond donors (Lipinski definition) is 1. The molecular weight excluding hydrogens is 296 g/mol. The summed E-state index contributed by atoms with van der Waals surface area (Å²) in [5.41, 5.74) is 1.18. The summed E-state index contributed by atoms with van der Waals surface area (Å²) in [4.78, 5) is 2.61. The third-order valence-corrected chi connectivity index (χ3v) is 5.70. The summed E-state index contributed by atoms with van der Waals surface area (Å²) in [6.07, 6.45) is 3.42. The van der Waals surface area contributed by atoms with Crippen LogP contribution in [0.3, 0.4) is 0 Å². The average molecular weight is 324 g/mol. The van der Waals surface area contributed by atoms with Crippen LogP contribution in [0.25, 0.3) is 0 Å². The molecule has 0 radical (unpaired) electrons. The van der Waals surface area contributed by atoms with E-state index in [1.807, 2.05) is 12.1 Å². The number of hydrogen-bond acceptors (Lipinski definition) is 3. The van der Waals surface area contributed by atoms with Crippen molar-refractivity contribution in [2.24, 2.45) is 5.92 Å². The van der Waals surface area contributed by atoms with Crippen molar-refractivity contribution in [3.8, 4) is 0 Å². The van der Waals surface area contributed by atoms with E-state index in [4.69, 9.17) is 0 Å². The molecule has 4 nitrogen and oxygen atoms in total. The molecule has 1 fully saturated rings. The Morgan fingerprint density at radius 2 is 1.77 bits per heavy atom. The van der Waals surface area contributed by atoms with E-state index in [1.54, 1.807) is 12.1 Å². The van der Waals surface area contributed by atoms with Gasteiger partial charge >= 0.3 is 0 Å². The normalized spacial score (nSPS) is 17.2. The van der Waals surface area contributed by atoms with Gasteiger partial charge < -0.3 is 0 Å². The molecular formula is C17H28N2O2S. The first-order chi connectivity index (χ1) is 10.3. The van der Waals surface area contributed by atoms with E-state index in [0.29, 0.717) is 23.4 Å². The Balaban J connectivity index is 1.94. The average Bonchev–Trinajstić information content (AvgIpc) is 3.28. The quantitative estimate of drug-likeness (QED) is 0.800. The zero-order chi connectivity index (χ0) is 16.3. The van der Waals surface area contributed by atoms with Crippen molar-refractivity contribution < 1.29 is 8.42 Å². The smallest absolute Gasteiger partial charge is 0.240 e. The number of nitrogens with one attached hydrogen (secondary N) is 1. The van der Waals surface area contributed by atoms with Crippen LogP contribution in [0.1, 0.15) is 39.2 Å². The number of rotatable bonds is 8. The fourth-order valence-electron chi connectivity index (χ4n) is 2.58. The minimum absolute atomic E-state index is 0.211. The lowest BCUT2D eigenvalue weighted by Gasteiger charge is -2.24. The van der Waals surface area contributed by atoms with Crippen LogP contribution >= 0.6 is 0 Å². The lowest BCUT2D eigenvalue weighted by molar-refractivity contribution is 0.248. The molecule has 22 heavy (non-hydrogen) atoms. The molecule has 1 unspecified atom stereocenters. The summed E-state index contributed by atoms with van der Waals surface area (Å²) < 4.78 is 27.4. The summed E-state index contributed by atoms with van der Waals surface area (Å²) in [7, 11) is -1.35. The van der Waals surface area contributed by atoms with Gasteiger partial charge in [-0.15, -0.1) is 0 Å². The molecule has 1 aromatic carbocycles. The molecule has 0 saturated heterocycles. The predicted molar refractivity (Wildman–Crippen MR) is 90.4 cm³/mol. The molecule has 0 spiro atoms. The Bertz CT molecular complexity index is 577. The van der Waals surface area contributed by atoms with E-state index >= 15 is 0 Å². The second-order valence-electron chi connectivity index (χ2n) is 6.84. The first-order valence-corrected chi connectivity index (χ1v) is 9.58. The second-order valence-corrected chi connectivity index (χ2v) is 8.61. The summed E-state index contributed by atoms with van der Waals surface area (Å²) in [6, 6.07) is 8.07. The Morgan fingerprint density at radius 3 is 2.27 bits per heavy atom. The van der Waals surface area contributed by atoms with Gasteiger partial charge in [-0.3, -0.25) is 4.90 Å². The molecule has 0 amide bonds. The third kappa shape index (κ3) is 4.80. The summed E-state index contributed by atoms with van der Waals surface area (Å²) in [6.45, 7) is 6.82. The molecule has 2 rings (SSSR count). The molecule has 1 N–H and O–H groups in total. The minimum atomic E-state index is -3.42. The molecule has 1 aromatic rings. The molecule has 0 bridgehead atoms. The molecule has 1 atom stereocenters. The zero-order valence-electron chi connectivity index (χ0n) is 14.0. The summed E-state index contributed by atoms with van der Waals surface area (Å²) in [5.74, 6) is 0.569. The largest absolute Gasteiger partial charge is 0.299 e. The summed E-state index contributed by atoms with van der Waals surface area (Å²) >= 11 is 0. The molecule has 1 saturated carbocycles. The van der Waals surface area contributed by atoms with Crippen LogP contribution in [0.4, 0.5) is 0 Å². The Kier molecular flexibility index (Phi) is 5.64. The maximum atomic E-state index is 12.3. The van der Waals surface area contributed by atoms with Gasteiger partial charge in [-0.25, -0.2) is 13.1 Å². The van der Waals surface area contributed by atoms with E-state index in [-0.39, 0.29) is 6.04 Å². The van der Waals surface area contributed by atoms with Crippen molar-refractivity contribution >= 4 is 10.0 Å².